The zero-order valence-electron chi connectivity index (χ0n) is 11.7. The Morgan fingerprint density at radius 3 is 2.45 bits per heavy atom. The monoisotopic (exact) mass is 277 g/mol. The van der Waals surface area contributed by atoms with E-state index in [1.165, 1.54) is 6.07 Å². The van der Waals surface area contributed by atoms with Crippen molar-refractivity contribution >= 4 is 17.6 Å². The number of carboxylic acids is 1. The number of amides is 1. The van der Waals surface area contributed by atoms with Crippen LogP contribution < -0.4 is 5.32 Å². The van der Waals surface area contributed by atoms with Crippen molar-refractivity contribution in [2.45, 2.75) is 26.7 Å². The fraction of sp³-hybridized carbons (Fsp3) is 0.467. The van der Waals surface area contributed by atoms with E-state index in [4.69, 9.17) is 9.84 Å². The molecule has 1 amide bonds. The molecule has 1 aliphatic heterocycles. The van der Waals surface area contributed by atoms with Gasteiger partial charge in [0.15, 0.2) is 0 Å². The zero-order chi connectivity index (χ0) is 14.7. The van der Waals surface area contributed by atoms with Crippen molar-refractivity contribution in [3.63, 3.8) is 0 Å². The summed E-state index contributed by atoms with van der Waals surface area (Å²) in [5.74, 6) is -1.10. The lowest BCUT2D eigenvalue weighted by Crippen LogP contribution is -2.28. The lowest BCUT2D eigenvalue weighted by Gasteiger charge is -2.22. The molecule has 0 aliphatic carbocycles. The van der Waals surface area contributed by atoms with Crippen molar-refractivity contribution in [3.8, 4) is 0 Å². The number of aryl methyl sites for hydroxylation is 2. The Bertz CT molecular complexity index is 533. The third-order valence-electron chi connectivity index (χ3n) is 3.65. The molecular formula is C15H19NO4. The highest BCUT2D eigenvalue weighted by Gasteiger charge is 2.22. The molecule has 0 saturated carbocycles. The van der Waals surface area contributed by atoms with Crippen LogP contribution in [-0.4, -0.2) is 30.2 Å². The van der Waals surface area contributed by atoms with Crippen LogP contribution in [0.25, 0.3) is 0 Å². The van der Waals surface area contributed by atoms with E-state index in [2.05, 4.69) is 5.32 Å². The van der Waals surface area contributed by atoms with E-state index >= 15 is 0 Å². The van der Waals surface area contributed by atoms with Gasteiger partial charge in [-0.1, -0.05) is 6.07 Å². The standard InChI is InChI=1S/C15H19NO4/c1-9-7-10(2)13(8-12(9)15(18)19)16-14(17)11-3-5-20-6-4-11/h7-8,11H,3-6H2,1-2H3,(H,16,17)(H,18,19). The predicted octanol–water partition coefficient (Wildman–Crippen LogP) is 2.37. The number of benzene rings is 1. The van der Waals surface area contributed by atoms with Crippen molar-refractivity contribution in [3.05, 3.63) is 28.8 Å². The minimum Gasteiger partial charge on any atom is -0.478 e. The average molecular weight is 277 g/mol. The summed E-state index contributed by atoms with van der Waals surface area (Å²) in [6.07, 6.45) is 1.42. The van der Waals surface area contributed by atoms with Gasteiger partial charge in [0.2, 0.25) is 5.91 Å². The van der Waals surface area contributed by atoms with Crippen molar-refractivity contribution in [1.82, 2.24) is 0 Å². The van der Waals surface area contributed by atoms with Crippen molar-refractivity contribution < 1.29 is 19.4 Å². The molecule has 108 valence electrons. The van der Waals surface area contributed by atoms with Crippen LogP contribution in [0.5, 0.6) is 0 Å². The molecule has 0 unspecified atom stereocenters. The van der Waals surface area contributed by atoms with E-state index in [1.54, 1.807) is 13.0 Å². The number of nitrogens with one attached hydrogen (secondary N) is 1. The molecular weight excluding hydrogens is 258 g/mol. The molecule has 1 heterocycles. The SMILES string of the molecule is Cc1cc(C)c(C(=O)O)cc1NC(=O)C1CCOCC1. The average Bonchev–Trinajstić information content (AvgIpc) is 2.42. The van der Waals surface area contributed by atoms with Gasteiger partial charge in [0.25, 0.3) is 0 Å². The minimum atomic E-state index is -0.982. The van der Waals surface area contributed by atoms with Crippen LogP contribution in [0, 0.1) is 19.8 Å². The normalized spacial score (nSPS) is 15.9. The van der Waals surface area contributed by atoms with Gasteiger partial charge in [-0.2, -0.15) is 0 Å². The van der Waals surface area contributed by atoms with E-state index < -0.39 is 5.97 Å². The predicted molar refractivity (Wildman–Crippen MR) is 75.0 cm³/mol. The quantitative estimate of drug-likeness (QED) is 0.889. The second kappa shape index (κ2) is 6.05. The maximum absolute atomic E-state index is 12.2. The van der Waals surface area contributed by atoms with Crippen molar-refractivity contribution in [2.75, 3.05) is 18.5 Å². The maximum atomic E-state index is 12.2. The highest BCUT2D eigenvalue weighted by atomic mass is 16.5. The Hall–Kier alpha value is -1.88. The summed E-state index contributed by atoms with van der Waals surface area (Å²) in [6, 6.07) is 3.31. The van der Waals surface area contributed by atoms with Gasteiger partial charge in [-0.25, -0.2) is 4.79 Å². The first kappa shape index (κ1) is 14.5. The molecule has 20 heavy (non-hydrogen) atoms. The summed E-state index contributed by atoms with van der Waals surface area (Å²) < 4.78 is 5.23. The first-order valence-corrected chi connectivity index (χ1v) is 6.72. The second-order valence-corrected chi connectivity index (χ2v) is 5.16. The smallest absolute Gasteiger partial charge is 0.336 e. The Labute approximate surface area is 117 Å². The van der Waals surface area contributed by atoms with Crippen LogP contribution >= 0.6 is 0 Å². The largest absolute Gasteiger partial charge is 0.478 e. The van der Waals surface area contributed by atoms with E-state index in [0.717, 1.165) is 5.56 Å². The highest BCUT2D eigenvalue weighted by molar-refractivity contribution is 5.96. The molecule has 5 heteroatoms. The molecule has 0 bridgehead atoms. The van der Waals surface area contributed by atoms with Gasteiger partial charge in [-0.3, -0.25) is 4.79 Å². The van der Waals surface area contributed by atoms with Gasteiger partial charge < -0.3 is 15.2 Å². The molecule has 0 radical (unpaired) electrons. The van der Waals surface area contributed by atoms with Gasteiger partial charge in [0.1, 0.15) is 0 Å². The third kappa shape index (κ3) is 3.17. The Balaban J connectivity index is 2.18. The van der Waals surface area contributed by atoms with Gasteiger partial charge >= 0.3 is 5.97 Å². The van der Waals surface area contributed by atoms with Gasteiger partial charge in [0.05, 0.1) is 5.56 Å². The van der Waals surface area contributed by atoms with E-state index in [0.29, 0.717) is 37.3 Å². The Morgan fingerprint density at radius 2 is 1.85 bits per heavy atom. The molecule has 1 aromatic carbocycles. The summed E-state index contributed by atoms with van der Waals surface area (Å²) in [6.45, 7) is 4.81. The molecule has 5 nitrogen and oxygen atoms in total. The highest BCUT2D eigenvalue weighted by Crippen LogP contribution is 2.23. The van der Waals surface area contributed by atoms with Crippen LogP contribution in [0.15, 0.2) is 12.1 Å². The number of hydrogen-bond acceptors (Lipinski definition) is 3. The maximum Gasteiger partial charge on any atom is 0.336 e. The molecule has 2 rings (SSSR count). The van der Waals surface area contributed by atoms with Crippen molar-refractivity contribution in [1.29, 1.82) is 0 Å². The molecule has 1 aliphatic rings. The lowest BCUT2D eigenvalue weighted by molar-refractivity contribution is -0.122. The number of rotatable bonds is 3. The van der Waals surface area contributed by atoms with Crippen molar-refractivity contribution in [2.24, 2.45) is 5.92 Å². The lowest BCUT2D eigenvalue weighted by atomic mass is 9.98. The van der Waals surface area contributed by atoms with Crippen LogP contribution in [0.3, 0.4) is 0 Å². The first-order chi connectivity index (χ1) is 9.49. The molecule has 0 aromatic heterocycles. The van der Waals surface area contributed by atoms with Crippen LogP contribution in [0.1, 0.15) is 34.3 Å². The van der Waals surface area contributed by atoms with E-state index in [-0.39, 0.29) is 17.4 Å². The fourth-order valence-corrected chi connectivity index (χ4v) is 2.41. The molecule has 0 atom stereocenters. The third-order valence-corrected chi connectivity index (χ3v) is 3.65. The number of carboxylic acid groups (broad SMARTS) is 1. The van der Waals surface area contributed by atoms with Gasteiger partial charge in [-0.15, -0.1) is 0 Å². The number of anilines is 1. The number of aromatic carboxylic acids is 1. The summed E-state index contributed by atoms with van der Waals surface area (Å²) in [7, 11) is 0. The number of carbonyl (C=O) groups is 2. The summed E-state index contributed by atoms with van der Waals surface area (Å²) >= 11 is 0. The number of ether oxygens (including phenoxy) is 1. The fourth-order valence-electron chi connectivity index (χ4n) is 2.41. The minimum absolute atomic E-state index is 0.0577. The first-order valence-electron chi connectivity index (χ1n) is 6.72. The van der Waals surface area contributed by atoms with Crippen LogP contribution in [0.4, 0.5) is 5.69 Å². The van der Waals surface area contributed by atoms with E-state index in [9.17, 15) is 9.59 Å². The Kier molecular flexibility index (Phi) is 4.39. The second-order valence-electron chi connectivity index (χ2n) is 5.16. The van der Waals surface area contributed by atoms with Gasteiger partial charge in [0, 0.05) is 24.8 Å². The number of carbonyl (C=O) groups excluding carboxylic acids is 1. The number of hydrogen-bond donors (Lipinski definition) is 2. The topological polar surface area (TPSA) is 75.6 Å². The summed E-state index contributed by atoms with van der Waals surface area (Å²) in [4.78, 5) is 23.3. The molecule has 2 N–H and O–H groups in total. The van der Waals surface area contributed by atoms with Crippen LogP contribution in [0.2, 0.25) is 0 Å². The molecule has 1 saturated heterocycles. The van der Waals surface area contributed by atoms with E-state index in [1.807, 2.05) is 6.92 Å². The molecule has 1 aromatic rings. The Morgan fingerprint density at radius 1 is 1.20 bits per heavy atom. The summed E-state index contributed by atoms with van der Waals surface area (Å²) in [5.41, 5.74) is 2.36. The summed E-state index contributed by atoms with van der Waals surface area (Å²) in [5, 5.41) is 12.0. The van der Waals surface area contributed by atoms with Gasteiger partial charge in [-0.05, 0) is 43.9 Å². The zero-order valence-corrected chi connectivity index (χ0v) is 11.7. The molecule has 1 fully saturated rings. The van der Waals surface area contributed by atoms with Crippen LogP contribution in [-0.2, 0) is 9.53 Å². The molecule has 0 spiro atoms.